The summed E-state index contributed by atoms with van der Waals surface area (Å²) in [6.07, 6.45) is 3.10. The molecule has 1 heterocycles. The van der Waals surface area contributed by atoms with Gasteiger partial charge < -0.3 is 4.74 Å². The number of hydrogen-bond donors (Lipinski definition) is 0. The highest BCUT2D eigenvalue weighted by atomic mass is 35.5. The molecule has 1 nitrogen and oxygen atoms in total. The Bertz CT molecular complexity index is 664. The van der Waals surface area contributed by atoms with E-state index in [0.717, 1.165) is 22.8 Å². The van der Waals surface area contributed by atoms with E-state index in [2.05, 4.69) is 43.3 Å². The molecule has 0 spiro atoms. The van der Waals surface area contributed by atoms with E-state index >= 15 is 0 Å². The van der Waals surface area contributed by atoms with E-state index in [-0.39, 0.29) is 0 Å². The summed E-state index contributed by atoms with van der Waals surface area (Å²) in [5.41, 5.74) is 2.27. The lowest BCUT2D eigenvalue weighted by Gasteiger charge is -2.12. The number of fused-ring (bicyclic) bond motifs is 2. The van der Waals surface area contributed by atoms with Crippen LogP contribution in [0.5, 0.6) is 0 Å². The number of halogens is 1. The van der Waals surface area contributed by atoms with Crippen LogP contribution >= 0.6 is 23.4 Å². The van der Waals surface area contributed by atoms with Crippen molar-refractivity contribution in [1.29, 1.82) is 0 Å². The molecule has 0 aromatic heterocycles. The molecule has 102 valence electrons. The minimum Gasteiger partial charge on any atom is -0.493 e. The lowest BCUT2D eigenvalue weighted by atomic mass is 10.1. The van der Waals surface area contributed by atoms with Crippen LogP contribution < -0.4 is 0 Å². The van der Waals surface area contributed by atoms with E-state index in [1.54, 1.807) is 11.8 Å². The van der Waals surface area contributed by atoms with Crippen LogP contribution in [-0.2, 0) is 4.74 Å². The maximum absolute atomic E-state index is 6.15. The molecule has 0 amide bonds. The summed E-state index contributed by atoms with van der Waals surface area (Å²) >= 11 is 7.91. The van der Waals surface area contributed by atoms with Gasteiger partial charge in [-0.1, -0.05) is 48.5 Å². The molecule has 3 heteroatoms. The van der Waals surface area contributed by atoms with E-state index in [0.29, 0.717) is 6.61 Å². The highest BCUT2D eigenvalue weighted by Gasteiger charge is 2.17. The summed E-state index contributed by atoms with van der Waals surface area (Å²) in [6, 6.07) is 14.3. The van der Waals surface area contributed by atoms with Gasteiger partial charge in [0.1, 0.15) is 5.76 Å². The molecule has 0 fully saturated rings. The van der Waals surface area contributed by atoms with Gasteiger partial charge in [-0.3, -0.25) is 0 Å². The summed E-state index contributed by atoms with van der Waals surface area (Å²) in [5, 5.41) is 0.737. The van der Waals surface area contributed by atoms with E-state index in [1.165, 1.54) is 15.4 Å². The molecule has 0 saturated heterocycles. The normalized spacial score (nSPS) is 13.0. The van der Waals surface area contributed by atoms with E-state index in [4.69, 9.17) is 16.3 Å². The fourth-order valence-corrected chi connectivity index (χ4v) is 3.35. The standard InChI is InChI=1S/C17H15ClOS/c1-2-9-19-15-10-12-5-3-4-6-16(12)20-17-8-7-13(18)11-14(15)17/h3-8,10-11H,2,9H2,1H3. The van der Waals surface area contributed by atoms with Gasteiger partial charge >= 0.3 is 0 Å². The topological polar surface area (TPSA) is 9.23 Å². The summed E-state index contributed by atoms with van der Waals surface area (Å²) in [7, 11) is 0. The summed E-state index contributed by atoms with van der Waals surface area (Å²) < 4.78 is 5.94. The molecule has 3 rings (SSSR count). The Balaban J connectivity index is 2.13. The van der Waals surface area contributed by atoms with Crippen molar-refractivity contribution in [3.8, 4) is 0 Å². The predicted octanol–water partition coefficient (Wildman–Crippen LogP) is 5.73. The largest absolute Gasteiger partial charge is 0.493 e. The maximum atomic E-state index is 6.15. The quantitative estimate of drug-likeness (QED) is 0.716. The Morgan fingerprint density at radius 2 is 1.95 bits per heavy atom. The van der Waals surface area contributed by atoms with Crippen LogP contribution in [-0.4, -0.2) is 6.61 Å². The number of ether oxygens (including phenoxy) is 1. The average molecular weight is 303 g/mol. The van der Waals surface area contributed by atoms with Crippen LogP contribution in [0, 0.1) is 0 Å². The first-order chi connectivity index (χ1) is 9.78. The van der Waals surface area contributed by atoms with Crippen molar-refractivity contribution in [2.75, 3.05) is 6.61 Å². The lowest BCUT2D eigenvalue weighted by Crippen LogP contribution is -1.94. The molecule has 20 heavy (non-hydrogen) atoms. The van der Waals surface area contributed by atoms with Gasteiger partial charge in [-0.2, -0.15) is 0 Å². The Morgan fingerprint density at radius 1 is 1.10 bits per heavy atom. The van der Waals surface area contributed by atoms with Gasteiger partial charge in [0.05, 0.1) is 6.61 Å². The van der Waals surface area contributed by atoms with Crippen molar-refractivity contribution in [2.24, 2.45) is 0 Å². The fourth-order valence-electron chi connectivity index (χ4n) is 2.15. The van der Waals surface area contributed by atoms with Crippen molar-refractivity contribution < 1.29 is 4.74 Å². The SMILES string of the molecule is CCCOC1=Cc2ccccc2Sc2ccc(Cl)cc21. The Morgan fingerprint density at radius 3 is 2.80 bits per heavy atom. The summed E-state index contributed by atoms with van der Waals surface area (Å²) in [6.45, 7) is 2.82. The minimum absolute atomic E-state index is 0.713. The number of rotatable bonds is 3. The van der Waals surface area contributed by atoms with Crippen LogP contribution in [0.3, 0.4) is 0 Å². The number of benzene rings is 2. The molecule has 1 aliphatic rings. The van der Waals surface area contributed by atoms with E-state index in [9.17, 15) is 0 Å². The third kappa shape index (κ3) is 2.72. The third-order valence-electron chi connectivity index (χ3n) is 3.09. The van der Waals surface area contributed by atoms with Crippen molar-refractivity contribution in [2.45, 2.75) is 23.1 Å². The molecular formula is C17H15ClOS. The monoisotopic (exact) mass is 302 g/mol. The van der Waals surface area contributed by atoms with E-state index in [1.807, 2.05) is 12.1 Å². The highest BCUT2D eigenvalue weighted by molar-refractivity contribution is 7.99. The van der Waals surface area contributed by atoms with Crippen LogP contribution in [0.15, 0.2) is 52.3 Å². The van der Waals surface area contributed by atoms with Gasteiger partial charge in [-0.15, -0.1) is 0 Å². The smallest absolute Gasteiger partial charge is 0.128 e. The zero-order chi connectivity index (χ0) is 13.9. The number of hydrogen-bond acceptors (Lipinski definition) is 2. The molecule has 2 aromatic rings. The van der Waals surface area contributed by atoms with Crippen LogP contribution in [0.1, 0.15) is 24.5 Å². The highest BCUT2D eigenvalue weighted by Crippen LogP contribution is 2.41. The molecule has 0 N–H and O–H groups in total. The first kappa shape index (κ1) is 13.6. The van der Waals surface area contributed by atoms with Gasteiger partial charge in [-0.05, 0) is 42.3 Å². The minimum atomic E-state index is 0.713. The predicted molar refractivity (Wildman–Crippen MR) is 86.1 cm³/mol. The van der Waals surface area contributed by atoms with Crippen LogP contribution in [0.4, 0.5) is 0 Å². The summed E-state index contributed by atoms with van der Waals surface area (Å²) in [4.78, 5) is 2.42. The van der Waals surface area contributed by atoms with Gasteiger partial charge in [0.2, 0.25) is 0 Å². The Hall–Kier alpha value is -1.38. The van der Waals surface area contributed by atoms with Crippen molar-refractivity contribution >= 4 is 35.2 Å². The zero-order valence-electron chi connectivity index (χ0n) is 11.2. The molecule has 0 atom stereocenters. The zero-order valence-corrected chi connectivity index (χ0v) is 12.8. The molecule has 1 aliphatic heterocycles. The van der Waals surface area contributed by atoms with Gasteiger partial charge in [0, 0.05) is 20.4 Å². The second-order valence-corrected chi connectivity index (χ2v) is 6.16. The molecular weight excluding hydrogens is 288 g/mol. The third-order valence-corrected chi connectivity index (χ3v) is 4.50. The first-order valence-electron chi connectivity index (χ1n) is 6.69. The summed E-state index contributed by atoms with van der Waals surface area (Å²) in [5.74, 6) is 0.904. The van der Waals surface area contributed by atoms with Crippen molar-refractivity contribution in [3.63, 3.8) is 0 Å². The Labute approximate surface area is 128 Å². The molecule has 0 radical (unpaired) electrons. The second kappa shape index (κ2) is 5.94. The van der Waals surface area contributed by atoms with Gasteiger partial charge in [-0.25, -0.2) is 0 Å². The van der Waals surface area contributed by atoms with Crippen LogP contribution in [0.25, 0.3) is 11.8 Å². The van der Waals surface area contributed by atoms with Gasteiger partial charge in [0.15, 0.2) is 0 Å². The van der Waals surface area contributed by atoms with Crippen molar-refractivity contribution in [1.82, 2.24) is 0 Å². The fraction of sp³-hybridized carbons (Fsp3) is 0.176. The van der Waals surface area contributed by atoms with E-state index < -0.39 is 0 Å². The molecule has 0 saturated carbocycles. The molecule has 0 aliphatic carbocycles. The second-order valence-electron chi connectivity index (χ2n) is 4.64. The van der Waals surface area contributed by atoms with Gasteiger partial charge in [0.25, 0.3) is 0 Å². The maximum Gasteiger partial charge on any atom is 0.128 e. The lowest BCUT2D eigenvalue weighted by molar-refractivity contribution is 0.278. The Kier molecular flexibility index (Phi) is 4.04. The van der Waals surface area contributed by atoms with Crippen molar-refractivity contribution in [3.05, 3.63) is 58.6 Å². The molecule has 0 unspecified atom stereocenters. The molecule has 0 bridgehead atoms. The van der Waals surface area contributed by atoms with Crippen LogP contribution in [0.2, 0.25) is 5.02 Å². The average Bonchev–Trinajstić information content (AvgIpc) is 2.61. The first-order valence-corrected chi connectivity index (χ1v) is 7.88. The molecule has 2 aromatic carbocycles.